The largest absolute Gasteiger partial charge is 0.492 e. The molecule has 3 aromatic carbocycles. The quantitative estimate of drug-likeness (QED) is 0.0948. The van der Waals surface area contributed by atoms with Crippen molar-refractivity contribution in [3.05, 3.63) is 93.8 Å². The number of hydrogen-bond donors (Lipinski definition) is 4. The van der Waals surface area contributed by atoms with Gasteiger partial charge in [-0.1, -0.05) is 45.0 Å². The smallest absolute Gasteiger partial charge is 0.226 e. The fourth-order valence-electron chi connectivity index (χ4n) is 9.40. The molecule has 15 heteroatoms. The average molecular weight is 913 g/mol. The van der Waals surface area contributed by atoms with Gasteiger partial charge in [-0.25, -0.2) is 9.97 Å². The molecule has 0 saturated heterocycles. The molecule has 0 unspecified atom stereocenters. The summed E-state index contributed by atoms with van der Waals surface area (Å²) < 4.78 is 12.3. The van der Waals surface area contributed by atoms with Crippen LogP contribution in [-0.4, -0.2) is 90.0 Å². The molecule has 0 radical (unpaired) electrons. The molecule has 67 heavy (non-hydrogen) atoms. The number of amides is 2. The number of likely N-dealkylation sites (N-methyl/N-ethyl adjacent to an activating group) is 1. The summed E-state index contributed by atoms with van der Waals surface area (Å²) in [6.45, 7) is 10.5. The Bertz CT molecular complexity index is 2540. The number of rotatable bonds is 17. The molecule has 0 saturated carbocycles. The number of aromatic nitrogens is 2. The maximum atomic E-state index is 14.9. The number of ether oxygens (including phenoxy) is 2. The van der Waals surface area contributed by atoms with E-state index in [4.69, 9.17) is 36.6 Å². The van der Waals surface area contributed by atoms with E-state index in [2.05, 4.69) is 31.3 Å². The van der Waals surface area contributed by atoms with Crippen molar-refractivity contribution in [2.45, 2.75) is 103 Å². The van der Waals surface area contributed by atoms with Crippen LogP contribution in [0.15, 0.2) is 54.6 Å². The third-order valence-corrected chi connectivity index (χ3v) is 13.0. The zero-order chi connectivity index (χ0) is 48.6. The lowest BCUT2D eigenvalue weighted by atomic mass is 9.86. The highest BCUT2D eigenvalue weighted by molar-refractivity contribution is 6.01. The first-order chi connectivity index (χ1) is 32.0. The molecule has 2 heterocycles. The molecule has 0 spiro atoms. The Kier molecular flexibility index (Phi) is 16.4. The summed E-state index contributed by atoms with van der Waals surface area (Å²) in [6, 6.07) is 16.6. The lowest BCUT2D eigenvalue weighted by molar-refractivity contribution is -0.142. The molecule has 1 aromatic heterocycles. The van der Waals surface area contributed by atoms with E-state index in [1.165, 1.54) is 23.1 Å². The van der Waals surface area contributed by atoms with Gasteiger partial charge >= 0.3 is 0 Å². The topological polar surface area (TPSA) is 247 Å². The monoisotopic (exact) mass is 912 g/mol. The molecule has 0 fully saturated rings. The van der Waals surface area contributed by atoms with Crippen molar-refractivity contribution in [3.8, 4) is 40.1 Å². The third-order valence-electron chi connectivity index (χ3n) is 13.0. The number of Topliss-reactive ketones (excluding diaryl/α,β-unsaturated/α-hetero) is 3. The van der Waals surface area contributed by atoms with Crippen LogP contribution in [0.2, 0.25) is 0 Å². The molecular formula is C52H64N8O7. The van der Waals surface area contributed by atoms with E-state index < -0.39 is 41.5 Å². The van der Waals surface area contributed by atoms with Crippen molar-refractivity contribution < 1.29 is 33.4 Å². The number of carbonyl (C=O) groups excluding carboxylic acids is 5. The molecule has 2 amide bonds. The lowest BCUT2D eigenvalue weighted by Gasteiger charge is -2.32. The SMILES string of the molecule is Cc1nc(-c2ccc3c(c2)CCC3(C)C)nc(C)c1C(=O)C[C@@H](CCN)C(=O)N(C)[C@@H]1C(=O)C[C@@H](C)C(=O)N[C@H](C(=O)CCC#N)Cc2ccc(OCCN)c(c2)-c2cc1ccc2OCCN. The van der Waals surface area contributed by atoms with Gasteiger partial charge in [0.15, 0.2) is 23.2 Å². The Balaban J connectivity index is 1.38. The van der Waals surface area contributed by atoms with Crippen molar-refractivity contribution in [3.63, 3.8) is 0 Å². The standard InChI is InChI=1S/C52H64N8O7/c1-30-24-44(63)48(60(6)51(65)37(16-19-54)29-43(62)47-31(2)57-49(58-32(47)3)36-10-12-40-34(27-36)15-17-52(40,4)5)35-11-14-46(67-23-21-56)39(28-35)38-25-33(9-13-45(38)66-22-20-55)26-41(59-50(30)64)42(61)8-7-18-53/h9-14,25,27-28,30,37,41,48H,7-8,15-17,19-24,26,29,54-56H2,1-6H3,(H,59,64)/t30-,37-,41+,48+/m1/s1. The summed E-state index contributed by atoms with van der Waals surface area (Å²) in [5, 5.41) is 12.1. The second-order valence-corrected chi connectivity index (χ2v) is 18.4. The average Bonchev–Trinajstić information content (AvgIpc) is 3.61. The normalized spacial score (nSPS) is 18.2. The Hall–Kier alpha value is -6.34. The van der Waals surface area contributed by atoms with Gasteiger partial charge < -0.3 is 36.9 Å². The number of benzene rings is 3. The van der Waals surface area contributed by atoms with Crippen LogP contribution in [0.5, 0.6) is 11.5 Å². The van der Waals surface area contributed by atoms with Crippen molar-refractivity contribution >= 4 is 29.2 Å². The molecule has 4 atom stereocenters. The predicted molar refractivity (Wildman–Crippen MR) is 255 cm³/mol. The lowest BCUT2D eigenvalue weighted by Crippen LogP contribution is -2.46. The first-order valence-electron chi connectivity index (χ1n) is 23.2. The number of nitrogens with one attached hydrogen (secondary N) is 1. The van der Waals surface area contributed by atoms with Crippen LogP contribution in [-0.2, 0) is 37.4 Å². The Morgan fingerprint density at radius 3 is 2.21 bits per heavy atom. The van der Waals surface area contributed by atoms with E-state index in [-0.39, 0.29) is 88.4 Å². The number of aryl methyl sites for hydroxylation is 3. The highest BCUT2D eigenvalue weighted by atomic mass is 16.5. The molecule has 15 nitrogen and oxygen atoms in total. The van der Waals surface area contributed by atoms with Crippen molar-refractivity contribution in [2.75, 3.05) is 39.9 Å². The summed E-state index contributed by atoms with van der Waals surface area (Å²) in [6.07, 6.45) is 1.66. The zero-order valence-electron chi connectivity index (χ0n) is 39.6. The van der Waals surface area contributed by atoms with Gasteiger partial charge in [0, 0.05) is 74.3 Å². The van der Waals surface area contributed by atoms with E-state index >= 15 is 0 Å². The van der Waals surface area contributed by atoms with Crippen molar-refractivity contribution in [2.24, 2.45) is 29.0 Å². The molecule has 1 aliphatic carbocycles. The molecule has 7 N–H and O–H groups in total. The first kappa shape index (κ1) is 50.1. The van der Waals surface area contributed by atoms with Crippen LogP contribution < -0.4 is 32.0 Å². The molecule has 4 aromatic rings. The van der Waals surface area contributed by atoms with Gasteiger partial charge in [-0.05, 0) is 104 Å². The van der Waals surface area contributed by atoms with Gasteiger partial charge in [0.2, 0.25) is 11.8 Å². The fraction of sp³-hybridized carbons (Fsp3) is 0.462. The minimum atomic E-state index is -1.24. The molecule has 354 valence electrons. The zero-order valence-corrected chi connectivity index (χ0v) is 39.6. The second kappa shape index (κ2) is 22.0. The summed E-state index contributed by atoms with van der Waals surface area (Å²) in [4.78, 5) is 82.2. The third kappa shape index (κ3) is 11.4. The summed E-state index contributed by atoms with van der Waals surface area (Å²) >= 11 is 0. The minimum Gasteiger partial charge on any atom is -0.492 e. The molecule has 4 bridgehead atoms. The number of carbonyl (C=O) groups is 5. The van der Waals surface area contributed by atoms with Gasteiger partial charge in [0.25, 0.3) is 0 Å². The number of nitrogens with zero attached hydrogens (tertiary/aromatic N) is 4. The molecule has 6 rings (SSSR count). The summed E-state index contributed by atoms with van der Waals surface area (Å²) in [7, 11) is 1.51. The maximum Gasteiger partial charge on any atom is 0.226 e. The van der Waals surface area contributed by atoms with E-state index in [0.717, 1.165) is 18.4 Å². The van der Waals surface area contributed by atoms with Crippen LogP contribution in [0.1, 0.15) is 109 Å². The molecule has 2 aliphatic rings. The Morgan fingerprint density at radius 2 is 1.57 bits per heavy atom. The van der Waals surface area contributed by atoms with E-state index in [1.54, 1.807) is 51.1 Å². The number of fused-ring (bicyclic) bond motifs is 6. The van der Waals surface area contributed by atoms with Crippen LogP contribution >= 0.6 is 0 Å². The molecular weight excluding hydrogens is 849 g/mol. The van der Waals surface area contributed by atoms with Gasteiger partial charge in [-0.15, -0.1) is 0 Å². The number of ketones is 3. The van der Waals surface area contributed by atoms with Gasteiger partial charge in [-0.3, -0.25) is 24.0 Å². The Morgan fingerprint density at radius 1 is 0.910 bits per heavy atom. The number of nitrogens with two attached hydrogens (primary N) is 3. The first-order valence-corrected chi connectivity index (χ1v) is 23.2. The summed E-state index contributed by atoms with van der Waals surface area (Å²) in [5.41, 5.74) is 24.9. The van der Waals surface area contributed by atoms with Gasteiger partial charge in [0.05, 0.1) is 29.1 Å². The van der Waals surface area contributed by atoms with Crippen molar-refractivity contribution in [1.82, 2.24) is 20.2 Å². The fourth-order valence-corrected chi connectivity index (χ4v) is 9.40. The van der Waals surface area contributed by atoms with Crippen LogP contribution in [0.25, 0.3) is 22.5 Å². The highest BCUT2D eigenvalue weighted by Gasteiger charge is 2.37. The second-order valence-electron chi connectivity index (χ2n) is 18.4. The van der Waals surface area contributed by atoms with Crippen LogP contribution in [0.3, 0.4) is 0 Å². The van der Waals surface area contributed by atoms with E-state index in [9.17, 15) is 29.2 Å². The Labute approximate surface area is 393 Å². The van der Waals surface area contributed by atoms with Gasteiger partial charge in [-0.2, -0.15) is 5.26 Å². The maximum absolute atomic E-state index is 14.9. The number of hydrogen-bond acceptors (Lipinski definition) is 13. The van der Waals surface area contributed by atoms with Gasteiger partial charge in [0.1, 0.15) is 30.8 Å². The predicted octanol–water partition coefficient (Wildman–Crippen LogP) is 5.57. The summed E-state index contributed by atoms with van der Waals surface area (Å²) in [5.74, 6) is -2.61. The van der Waals surface area contributed by atoms with E-state index in [1.807, 2.05) is 18.2 Å². The van der Waals surface area contributed by atoms with Crippen LogP contribution in [0, 0.1) is 37.0 Å². The van der Waals surface area contributed by atoms with Crippen LogP contribution in [0.4, 0.5) is 0 Å². The highest BCUT2D eigenvalue weighted by Crippen LogP contribution is 2.42. The van der Waals surface area contributed by atoms with Crippen molar-refractivity contribution in [1.29, 1.82) is 5.26 Å². The number of nitriles is 1. The minimum absolute atomic E-state index is 0.0303. The van der Waals surface area contributed by atoms with E-state index in [0.29, 0.717) is 56.5 Å². The molecule has 1 aliphatic heterocycles.